The van der Waals surface area contributed by atoms with Crippen LogP contribution in [-0.4, -0.2) is 13.2 Å². The van der Waals surface area contributed by atoms with E-state index in [4.69, 9.17) is 22.1 Å². The third kappa shape index (κ3) is 3.62. The maximum Gasteiger partial charge on any atom is 0.141 e. The second-order valence-corrected chi connectivity index (χ2v) is 4.68. The van der Waals surface area contributed by atoms with Crippen LogP contribution in [0.25, 0.3) is 0 Å². The molecule has 0 spiro atoms. The van der Waals surface area contributed by atoms with E-state index >= 15 is 0 Å². The minimum absolute atomic E-state index is 0.514. The summed E-state index contributed by atoms with van der Waals surface area (Å²) >= 11 is 6.28. The van der Waals surface area contributed by atoms with Crippen molar-refractivity contribution >= 4 is 11.6 Å². The summed E-state index contributed by atoms with van der Waals surface area (Å²) in [6.07, 6.45) is 1.91. The summed E-state index contributed by atoms with van der Waals surface area (Å²) in [6, 6.07) is 4.19. The Balaban J connectivity index is 3.15. The van der Waals surface area contributed by atoms with Crippen LogP contribution in [0.4, 0.5) is 0 Å². The molecule has 0 heterocycles. The van der Waals surface area contributed by atoms with Crippen LogP contribution in [-0.2, 0) is 6.42 Å². The quantitative estimate of drug-likeness (QED) is 0.840. The molecule has 0 aliphatic carbocycles. The van der Waals surface area contributed by atoms with Crippen molar-refractivity contribution in [2.75, 3.05) is 13.2 Å². The first-order valence-electron chi connectivity index (χ1n) is 6.29. The molecule has 0 amide bonds. The van der Waals surface area contributed by atoms with E-state index in [1.54, 1.807) is 0 Å². The Morgan fingerprint density at radius 3 is 2.59 bits per heavy atom. The van der Waals surface area contributed by atoms with Gasteiger partial charge in [0.15, 0.2) is 0 Å². The van der Waals surface area contributed by atoms with Gasteiger partial charge in [0.25, 0.3) is 0 Å². The maximum atomic E-state index is 6.28. The van der Waals surface area contributed by atoms with E-state index in [2.05, 4.69) is 19.9 Å². The van der Waals surface area contributed by atoms with Crippen molar-refractivity contribution in [2.45, 2.75) is 39.5 Å². The highest BCUT2D eigenvalue weighted by Gasteiger charge is 2.13. The van der Waals surface area contributed by atoms with Gasteiger partial charge in [-0.25, -0.2) is 0 Å². The topological polar surface area (TPSA) is 35.2 Å². The highest BCUT2D eigenvalue weighted by atomic mass is 35.5. The average molecular weight is 256 g/mol. The van der Waals surface area contributed by atoms with Crippen LogP contribution in [0.1, 0.15) is 44.2 Å². The Morgan fingerprint density at radius 1 is 1.35 bits per heavy atom. The second kappa shape index (κ2) is 6.87. The van der Waals surface area contributed by atoms with Gasteiger partial charge in [0.1, 0.15) is 5.75 Å². The monoisotopic (exact) mass is 255 g/mol. The minimum Gasteiger partial charge on any atom is -0.492 e. The molecule has 1 aromatic carbocycles. The summed E-state index contributed by atoms with van der Waals surface area (Å²) in [7, 11) is 0. The summed E-state index contributed by atoms with van der Waals surface area (Å²) in [5.41, 5.74) is 8.03. The second-order valence-electron chi connectivity index (χ2n) is 4.27. The Hall–Kier alpha value is -0.730. The number of benzene rings is 1. The molecule has 0 fully saturated rings. The van der Waals surface area contributed by atoms with Crippen LogP contribution in [0, 0.1) is 0 Å². The van der Waals surface area contributed by atoms with E-state index in [-0.39, 0.29) is 0 Å². The van der Waals surface area contributed by atoms with Gasteiger partial charge >= 0.3 is 0 Å². The molecule has 2 nitrogen and oxygen atoms in total. The summed E-state index contributed by atoms with van der Waals surface area (Å²) in [4.78, 5) is 0. The summed E-state index contributed by atoms with van der Waals surface area (Å²) in [5.74, 6) is 1.31. The number of rotatable bonds is 6. The molecule has 0 saturated carbocycles. The predicted octanol–water partition coefficient (Wildman–Crippen LogP) is 3.75. The summed E-state index contributed by atoms with van der Waals surface area (Å²) < 4.78 is 5.60. The molecular weight excluding hydrogens is 234 g/mol. The van der Waals surface area contributed by atoms with Gasteiger partial charge in [0.05, 0.1) is 11.6 Å². The van der Waals surface area contributed by atoms with Gasteiger partial charge in [-0.3, -0.25) is 0 Å². The molecule has 17 heavy (non-hydrogen) atoms. The van der Waals surface area contributed by atoms with Crippen LogP contribution in [0.3, 0.4) is 0 Å². The van der Waals surface area contributed by atoms with Crippen molar-refractivity contribution in [2.24, 2.45) is 5.73 Å². The highest BCUT2D eigenvalue weighted by molar-refractivity contribution is 6.32. The number of hydrogen-bond donors (Lipinski definition) is 1. The minimum atomic E-state index is 0.514. The fourth-order valence-electron chi connectivity index (χ4n) is 1.84. The molecule has 1 rings (SSSR count). The molecule has 0 radical (unpaired) electrons. The third-order valence-corrected chi connectivity index (χ3v) is 3.31. The first kappa shape index (κ1) is 14.3. The van der Waals surface area contributed by atoms with Crippen LogP contribution >= 0.6 is 11.6 Å². The van der Waals surface area contributed by atoms with Crippen LogP contribution in [0.5, 0.6) is 5.75 Å². The van der Waals surface area contributed by atoms with Crippen LogP contribution in [0.2, 0.25) is 5.02 Å². The molecule has 0 aliphatic heterocycles. The smallest absolute Gasteiger partial charge is 0.141 e. The molecule has 2 N–H and O–H groups in total. The van der Waals surface area contributed by atoms with E-state index in [0.29, 0.717) is 24.1 Å². The van der Waals surface area contributed by atoms with Crippen LogP contribution in [0.15, 0.2) is 12.1 Å². The molecule has 1 aromatic rings. The van der Waals surface area contributed by atoms with E-state index in [9.17, 15) is 0 Å². The molecule has 0 saturated heterocycles. The van der Waals surface area contributed by atoms with Gasteiger partial charge in [-0.05, 0) is 49.4 Å². The lowest BCUT2D eigenvalue weighted by atomic mass is 9.95. The Bertz CT molecular complexity index is 365. The number of ether oxygens (including phenoxy) is 1. The SMILES string of the molecule is CCOc1c(Cl)cc(C(C)CC)cc1CCN. The van der Waals surface area contributed by atoms with Crippen molar-refractivity contribution in [3.63, 3.8) is 0 Å². The molecule has 0 aromatic heterocycles. The van der Waals surface area contributed by atoms with Crippen molar-refractivity contribution in [1.82, 2.24) is 0 Å². The molecular formula is C14H22ClNO. The highest BCUT2D eigenvalue weighted by Crippen LogP contribution is 2.34. The summed E-state index contributed by atoms with van der Waals surface area (Å²) in [6.45, 7) is 7.58. The van der Waals surface area contributed by atoms with Gasteiger partial charge in [-0.1, -0.05) is 31.5 Å². The first-order chi connectivity index (χ1) is 8.13. The Morgan fingerprint density at radius 2 is 2.06 bits per heavy atom. The van der Waals surface area contributed by atoms with Gasteiger partial charge in [0.2, 0.25) is 0 Å². The van der Waals surface area contributed by atoms with Gasteiger partial charge in [-0.15, -0.1) is 0 Å². The van der Waals surface area contributed by atoms with Crippen molar-refractivity contribution in [3.05, 3.63) is 28.3 Å². The summed E-state index contributed by atoms with van der Waals surface area (Å²) in [5, 5.41) is 0.702. The fraction of sp³-hybridized carbons (Fsp3) is 0.571. The zero-order chi connectivity index (χ0) is 12.8. The lowest BCUT2D eigenvalue weighted by Gasteiger charge is -2.16. The number of halogens is 1. The van der Waals surface area contributed by atoms with Crippen LogP contribution < -0.4 is 10.5 Å². The molecule has 1 unspecified atom stereocenters. The van der Waals surface area contributed by atoms with E-state index < -0.39 is 0 Å². The third-order valence-electron chi connectivity index (χ3n) is 3.03. The number of nitrogens with two attached hydrogens (primary N) is 1. The first-order valence-corrected chi connectivity index (χ1v) is 6.66. The van der Waals surface area contributed by atoms with Crippen molar-refractivity contribution in [1.29, 1.82) is 0 Å². The average Bonchev–Trinajstić information content (AvgIpc) is 2.32. The van der Waals surface area contributed by atoms with E-state index in [0.717, 1.165) is 24.2 Å². The Labute approximate surface area is 109 Å². The zero-order valence-electron chi connectivity index (χ0n) is 10.9. The fourth-order valence-corrected chi connectivity index (χ4v) is 2.14. The van der Waals surface area contributed by atoms with Gasteiger partial charge in [-0.2, -0.15) is 0 Å². The van der Waals surface area contributed by atoms with Crippen molar-refractivity contribution < 1.29 is 4.74 Å². The molecule has 96 valence electrons. The molecule has 0 bridgehead atoms. The zero-order valence-corrected chi connectivity index (χ0v) is 11.7. The Kier molecular flexibility index (Phi) is 5.79. The molecule has 3 heteroatoms. The lowest BCUT2D eigenvalue weighted by Crippen LogP contribution is -2.07. The number of hydrogen-bond acceptors (Lipinski definition) is 2. The predicted molar refractivity (Wildman–Crippen MR) is 74.1 cm³/mol. The van der Waals surface area contributed by atoms with Gasteiger partial charge < -0.3 is 10.5 Å². The molecule has 1 atom stereocenters. The lowest BCUT2D eigenvalue weighted by molar-refractivity contribution is 0.336. The van der Waals surface area contributed by atoms with Crippen molar-refractivity contribution in [3.8, 4) is 5.75 Å². The normalized spacial score (nSPS) is 12.5. The van der Waals surface area contributed by atoms with E-state index in [1.807, 2.05) is 13.0 Å². The van der Waals surface area contributed by atoms with E-state index in [1.165, 1.54) is 5.56 Å². The maximum absolute atomic E-state index is 6.28. The molecule has 0 aliphatic rings. The van der Waals surface area contributed by atoms with Gasteiger partial charge in [0, 0.05) is 0 Å². The standard InChI is InChI=1S/C14H22ClNO/c1-4-10(3)12-8-11(6-7-16)14(17-5-2)13(15)9-12/h8-10H,4-7,16H2,1-3H3. The largest absolute Gasteiger partial charge is 0.492 e.